The van der Waals surface area contributed by atoms with Crippen molar-refractivity contribution in [3.05, 3.63) is 53.1 Å². The standard InChI is InChI=1S/C19H19ClN2O3/c1-12-10-22(11-19(24)21-16-5-3-4-15(20)9-16)17-8-14(13(2)23)6-7-18(17)25-12/h3-9,12H,10-11H2,1-2H3,(H,21,24). The minimum absolute atomic E-state index is 0.0234. The van der Waals surface area contributed by atoms with E-state index in [-0.39, 0.29) is 24.3 Å². The lowest BCUT2D eigenvalue weighted by Crippen LogP contribution is -2.42. The van der Waals surface area contributed by atoms with Gasteiger partial charge in [-0.1, -0.05) is 17.7 Å². The zero-order valence-electron chi connectivity index (χ0n) is 14.1. The monoisotopic (exact) mass is 358 g/mol. The Balaban J connectivity index is 1.79. The number of nitrogens with one attached hydrogen (secondary N) is 1. The number of benzene rings is 2. The van der Waals surface area contributed by atoms with Gasteiger partial charge in [-0.15, -0.1) is 0 Å². The number of hydrogen-bond acceptors (Lipinski definition) is 4. The van der Waals surface area contributed by atoms with Crippen molar-refractivity contribution in [2.45, 2.75) is 20.0 Å². The number of Topliss-reactive ketones (excluding diaryl/α,β-unsaturated/α-hetero) is 1. The van der Waals surface area contributed by atoms with E-state index in [1.807, 2.05) is 11.8 Å². The molecule has 0 saturated carbocycles. The van der Waals surface area contributed by atoms with Crippen molar-refractivity contribution in [2.24, 2.45) is 0 Å². The third-order valence-electron chi connectivity index (χ3n) is 3.95. The maximum Gasteiger partial charge on any atom is 0.243 e. The number of amides is 1. The molecular weight excluding hydrogens is 340 g/mol. The van der Waals surface area contributed by atoms with Crippen molar-refractivity contribution >= 4 is 34.7 Å². The van der Waals surface area contributed by atoms with E-state index >= 15 is 0 Å². The molecule has 0 bridgehead atoms. The first-order chi connectivity index (χ1) is 11.9. The van der Waals surface area contributed by atoms with Crippen LogP contribution in [0.15, 0.2) is 42.5 Å². The van der Waals surface area contributed by atoms with Gasteiger partial charge in [0.1, 0.15) is 11.9 Å². The van der Waals surface area contributed by atoms with Crippen LogP contribution >= 0.6 is 11.6 Å². The van der Waals surface area contributed by atoms with E-state index in [1.165, 1.54) is 6.92 Å². The van der Waals surface area contributed by atoms with E-state index in [0.29, 0.717) is 28.6 Å². The summed E-state index contributed by atoms with van der Waals surface area (Å²) in [5.41, 5.74) is 2.00. The van der Waals surface area contributed by atoms with Crippen molar-refractivity contribution in [1.29, 1.82) is 0 Å². The van der Waals surface area contributed by atoms with Gasteiger partial charge in [-0.2, -0.15) is 0 Å². The summed E-state index contributed by atoms with van der Waals surface area (Å²) in [5.74, 6) is 0.500. The molecule has 2 aromatic rings. The summed E-state index contributed by atoms with van der Waals surface area (Å²) in [6, 6.07) is 12.3. The number of ketones is 1. The van der Waals surface area contributed by atoms with Crippen LogP contribution in [0.2, 0.25) is 5.02 Å². The molecule has 1 N–H and O–H groups in total. The van der Waals surface area contributed by atoms with Gasteiger partial charge in [0, 0.05) is 16.3 Å². The number of carbonyl (C=O) groups excluding carboxylic acids is 2. The van der Waals surface area contributed by atoms with Crippen LogP contribution in [0.4, 0.5) is 11.4 Å². The Hall–Kier alpha value is -2.53. The Morgan fingerprint density at radius 3 is 2.80 bits per heavy atom. The Labute approximate surface area is 151 Å². The molecule has 0 spiro atoms. The molecule has 1 aliphatic heterocycles. The fraction of sp³-hybridized carbons (Fsp3) is 0.263. The SMILES string of the molecule is CC(=O)c1ccc2c(c1)N(CC(=O)Nc1cccc(Cl)c1)CC(C)O2. The van der Waals surface area contributed by atoms with E-state index in [9.17, 15) is 9.59 Å². The van der Waals surface area contributed by atoms with Gasteiger partial charge < -0.3 is 15.0 Å². The Morgan fingerprint density at radius 2 is 2.08 bits per heavy atom. The predicted octanol–water partition coefficient (Wildman–Crippen LogP) is 3.77. The highest BCUT2D eigenvalue weighted by Crippen LogP contribution is 2.34. The summed E-state index contributed by atoms with van der Waals surface area (Å²) in [6.45, 7) is 4.19. The number of hydrogen-bond donors (Lipinski definition) is 1. The van der Waals surface area contributed by atoms with Gasteiger partial charge in [-0.3, -0.25) is 9.59 Å². The van der Waals surface area contributed by atoms with Gasteiger partial charge in [-0.05, 0) is 50.2 Å². The summed E-state index contributed by atoms with van der Waals surface area (Å²) >= 11 is 5.94. The molecule has 1 aliphatic rings. The quantitative estimate of drug-likeness (QED) is 0.845. The van der Waals surface area contributed by atoms with Crippen molar-refractivity contribution < 1.29 is 14.3 Å². The van der Waals surface area contributed by atoms with Crippen LogP contribution in [0.1, 0.15) is 24.2 Å². The van der Waals surface area contributed by atoms with Gasteiger partial charge in [0.25, 0.3) is 0 Å². The van der Waals surface area contributed by atoms with Gasteiger partial charge in [-0.25, -0.2) is 0 Å². The predicted molar refractivity (Wildman–Crippen MR) is 98.8 cm³/mol. The lowest BCUT2D eigenvalue weighted by Gasteiger charge is -2.34. The van der Waals surface area contributed by atoms with Crippen molar-refractivity contribution in [3.63, 3.8) is 0 Å². The van der Waals surface area contributed by atoms with E-state index in [2.05, 4.69) is 5.32 Å². The smallest absolute Gasteiger partial charge is 0.243 e. The molecule has 1 amide bonds. The number of anilines is 2. The van der Waals surface area contributed by atoms with Crippen LogP contribution in [0.3, 0.4) is 0 Å². The van der Waals surface area contributed by atoms with E-state index < -0.39 is 0 Å². The molecule has 130 valence electrons. The summed E-state index contributed by atoms with van der Waals surface area (Å²) in [6.07, 6.45) is -0.0466. The highest BCUT2D eigenvalue weighted by molar-refractivity contribution is 6.30. The minimum Gasteiger partial charge on any atom is -0.487 e. The molecule has 25 heavy (non-hydrogen) atoms. The lowest BCUT2D eigenvalue weighted by molar-refractivity contribution is -0.115. The largest absolute Gasteiger partial charge is 0.487 e. The molecule has 0 radical (unpaired) electrons. The van der Waals surface area contributed by atoms with Crippen LogP contribution in [-0.4, -0.2) is 30.9 Å². The second kappa shape index (κ2) is 7.15. The second-order valence-electron chi connectivity index (χ2n) is 6.11. The summed E-state index contributed by atoms with van der Waals surface area (Å²) in [4.78, 5) is 26.0. The van der Waals surface area contributed by atoms with Crippen LogP contribution in [0.5, 0.6) is 5.75 Å². The molecule has 1 unspecified atom stereocenters. The molecule has 0 fully saturated rings. The maximum atomic E-state index is 12.4. The fourth-order valence-corrected chi connectivity index (χ4v) is 3.03. The highest BCUT2D eigenvalue weighted by Gasteiger charge is 2.25. The van der Waals surface area contributed by atoms with Crippen molar-refractivity contribution in [3.8, 4) is 5.75 Å². The first kappa shape index (κ1) is 17.3. The number of fused-ring (bicyclic) bond motifs is 1. The van der Waals surface area contributed by atoms with Crippen LogP contribution in [-0.2, 0) is 4.79 Å². The van der Waals surface area contributed by atoms with Crippen molar-refractivity contribution in [1.82, 2.24) is 0 Å². The number of carbonyl (C=O) groups is 2. The molecule has 0 aromatic heterocycles. The molecule has 0 aliphatic carbocycles. The third kappa shape index (κ3) is 4.12. The maximum absolute atomic E-state index is 12.4. The zero-order valence-corrected chi connectivity index (χ0v) is 14.8. The summed E-state index contributed by atoms with van der Waals surface area (Å²) < 4.78 is 5.81. The molecule has 1 atom stereocenters. The zero-order chi connectivity index (χ0) is 18.0. The van der Waals surface area contributed by atoms with E-state index in [1.54, 1.807) is 42.5 Å². The van der Waals surface area contributed by atoms with Crippen molar-refractivity contribution in [2.75, 3.05) is 23.3 Å². The first-order valence-electron chi connectivity index (χ1n) is 8.04. The highest BCUT2D eigenvalue weighted by atomic mass is 35.5. The van der Waals surface area contributed by atoms with Crippen LogP contribution < -0.4 is 15.0 Å². The average molecular weight is 359 g/mol. The third-order valence-corrected chi connectivity index (χ3v) is 4.19. The molecule has 3 rings (SSSR count). The van der Waals surface area contributed by atoms with Gasteiger partial charge in [0.2, 0.25) is 5.91 Å². The topological polar surface area (TPSA) is 58.6 Å². The fourth-order valence-electron chi connectivity index (χ4n) is 2.84. The number of ether oxygens (including phenoxy) is 1. The second-order valence-corrected chi connectivity index (χ2v) is 6.54. The molecule has 5 nitrogen and oxygen atoms in total. The first-order valence-corrected chi connectivity index (χ1v) is 8.42. The van der Waals surface area contributed by atoms with E-state index in [4.69, 9.17) is 16.3 Å². The normalized spacial score (nSPS) is 16.0. The average Bonchev–Trinajstić information content (AvgIpc) is 2.54. The Morgan fingerprint density at radius 1 is 1.28 bits per heavy atom. The molecule has 6 heteroatoms. The molecule has 2 aromatic carbocycles. The number of nitrogens with zero attached hydrogens (tertiary/aromatic N) is 1. The van der Waals surface area contributed by atoms with Crippen LogP contribution in [0.25, 0.3) is 0 Å². The van der Waals surface area contributed by atoms with Gasteiger partial charge >= 0.3 is 0 Å². The van der Waals surface area contributed by atoms with E-state index in [0.717, 1.165) is 5.69 Å². The molecular formula is C19H19ClN2O3. The Kier molecular flexibility index (Phi) is 4.95. The number of rotatable bonds is 4. The van der Waals surface area contributed by atoms with Gasteiger partial charge in [0.15, 0.2) is 5.78 Å². The number of halogens is 1. The van der Waals surface area contributed by atoms with Crippen LogP contribution in [0, 0.1) is 0 Å². The summed E-state index contributed by atoms with van der Waals surface area (Å²) in [7, 11) is 0. The Bertz CT molecular complexity index is 822. The molecule has 0 saturated heterocycles. The lowest BCUT2D eigenvalue weighted by atomic mass is 10.1. The summed E-state index contributed by atoms with van der Waals surface area (Å²) in [5, 5.41) is 3.40. The minimum atomic E-state index is -0.157. The van der Waals surface area contributed by atoms with Gasteiger partial charge in [0.05, 0.1) is 18.8 Å². The molecule has 1 heterocycles.